The maximum atomic E-state index is 11.3. The van der Waals surface area contributed by atoms with Gasteiger partial charge < -0.3 is 14.9 Å². The summed E-state index contributed by atoms with van der Waals surface area (Å²) in [6, 6.07) is 33.2. The predicted octanol–water partition coefficient (Wildman–Crippen LogP) is 7.41. The fourth-order valence-corrected chi connectivity index (χ4v) is 6.47. The lowest BCUT2D eigenvalue weighted by atomic mass is 9.85. The average Bonchev–Trinajstić information content (AvgIpc) is 2.93. The molecule has 1 N–H and O–H groups in total. The second-order valence-corrected chi connectivity index (χ2v) is 11.9. The number of hydrogen-bond acceptors (Lipinski definition) is 3. The molecule has 2 aliphatic rings. The first-order chi connectivity index (χ1) is 18.9. The number of rotatable bonds is 7. The lowest BCUT2D eigenvalue weighted by Crippen LogP contribution is -2.30. The zero-order valence-corrected chi connectivity index (χ0v) is 23.4. The van der Waals surface area contributed by atoms with Crippen LogP contribution in [0.3, 0.4) is 0 Å². The van der Waals surface area contributed by atoms with Crippen LogP contribution in [0.5, 0.6) is 0 Å². The van der Waals surface area contributed by atoms with Gasteiger partial charge in [0.2, 0.25) is 0 Å². The summed E-state index contributed by atoms with van der Waals surface area (Å²) in [6.07, 6.45) is 5.42. The zero-order chi connectivity index (χ0) is 26.8. The molecule has 0 aliphatic carbocycles. The van der Waals surface area contributed by atoms with Gasteiger partial charge in [0, 0.05) is 37.6 Å². The average molecular weight is 517 g/mol. The Kier molecular flexibility index (Phi) is 7.18. The predicted molar refractivity (Wildman–Crippen MR) is 163 cm³/mol. The van der Waals surface area contributed by atoms with E-state index in [-0.39, 0.29) is 0 Å². The maximum Gasteiger partial charge on any atom is 0.0844 e. The normalized spacial score (nSPS) is 15.2. The van der Waals surface area contributed by atoms with Gasteiger partial charge in [-0.15, -0.1) is 0 Å². The molecule has 0 saturated carbocycles. The molecule has 0 unspecified atom stereocenters. The van der Waals surface area contributed by atoms with E-state index >= 15 is 0 Å². The Morgan fingerprint density at radius 1 is 0.641 bits per heavy atom. The summed E-state index contributed by atoms with van der Waals surface area (Å²) in [7, 11) is 0. The molecule has 0 aromatic heterocycles. The van der Waals surface area contributed by atoms with Crippen molar-refractivity contribution in [3.63, 3.8) is 0 Å². The summed E-state index contributed by atoms with van der Waals surface area (Å²) >= 11 is 0. The number of anilines is 2. The lowest BCUT2D eigenvalue weighted by molar-refractivity contribution is 0.0777. The first-order valence-electron chi connectivity index (χ1n) is 14.5. The number of nitrogens with zero attached hydrogens (tertiary/aromatic N) is 2. The van der Waals surface area contributed by atoms with Gasteiger partial charge in [0.25, 0.3) is 0 Å². The van der Waals surface area contributed by atoms with Gasteiger partial charge in [0.05, 0.1) is 5.60 Å². The third-order valence-electron chi connectivity index (χ3n) is 8.36. The third-order valence-corrected chi connectivity index (χ3v) is 8.36. The minimum Gasteiger partial charge on any atom is -0.386 e. The van der Waals surface area contributed by atoms with Gasteiger partial charge in [-0.1, -0.05) is 78.9 Å². The van der Waals surface area contributed by atoms with Crippen LogP contribution in [0.4, 0.5) is 11.4 Å². The van der Waals surface area contributed by atoms with Gasteiger partial charge in [-0.05, 0) is 97.0 Å². The summed E-state index contributed by atoms with van der Waals surface area (Å²) in [6.45, 7) is 7.88. The van der Waals surface area contributed by atoms with E-state index in [0.29, 0.717) is 0 Å². The van der Waals surface area contributed by atoms with Crippen LogP contribution in [0.15, 0.2) is 91.0 Å². The number of fused-ring (bicyclic) bond motifs is 2. The molecule has 2 heterocycles. The highest BCUT2D eigenvalue weighted by atomic mass is 16.3. The Labute approximate surface area is 233 Å². The Hall–Kier alpha value is -3.56. The molecular formula is C36H40N2O. The fourth-order valence-electron chi connectivity index (χ4n) is 6.47. The van der Waals surface area contributed by atoms with E-state index in [1.54, 1.807) is 0 Å². The smallest absolute Gasteiger partial charge is 0.0844 e. The van der Waals surface area contributed by atoms with E-state index < -0.39 is 5.60 Å². The van der Waals surface area contributed by atoms with Crippen LogP contribution in [0.1, 0.15) is 65.6 Å². The third kappa shape index (κ3) is 5.74. The van der Waals surface area contributed by atoms with Crippen LogP contribution < -0.4 is 9.80 Å². The van der Waals surface area contributed by atoms with Gasteiger partial charge in [-0.3, -0.25) is 0 Å². The van der Waals surface area contributed by atoms with Gasteiger partial charge in [0.15, 0.2) is 0 Å². The number of benzene rings is 4. The molecular weight excluding hydrogens is 476 g/mol. The van der Waals surface area contributed by atoms with Gasteiger partial charge in [-0.2, -0.15) is 0 Å². The summed E-state index contributed by atoms with van der Waals surface area (Å²) in [5.41, 5.74) is 10.9. The molecule has 4 aromatic rings. The van der Waals surface area contributed by atoms with E-state index in [2.05, 4.69) is 101 Å². The number of hydrogen-bond donors (Lipinski definition) is 1. The quantitative estimate of drug-likeness (QED) is 0.277. The standard InChI is InChI=1S/C36H40N2O/c1-36(2,39)33-24-35-31(16-10-20-38(35)26-28-13-7-4-8-14-28)23-32(33)22-29-17-18-34-30(21-29)15-9-19-37(34)25-27-11-5-3-6-12-27/h3-8,11-14,17-18,21,23-24,39H,9-10,15-16,19-20,22,25-26H2,1-2H3. The van der Waals surface area contributed by atoms with Gasteiger partial charge >= 0.3 is 0 Å². The number of aliphatic hydroxyl groups is 1. The first kappa shape index (κ1) is 25.7. The van der Waals surface area contributed by atoms with Crippen LogP contribution in [-0.2, 0) is 38.0 Å². The van der Waals surface area contributed by atoms with Crippen molar-refractivity contribution in [3.05, 3.63) is 130 Å². The monoisotopic (exact) mass is 516 g/mol. The summed E-state index contributed by atoms with van der Waals surface area (Å²) in [5.74, 6) is 0. The van der Waals surface area contributed by atoms with Crippen LogP contribution in [0.2, 0.25) is 0 Å². The number of aryl methyl sites for hydroxylation is 2. The molecule has 0 amide bonds. The zero-order valence-electron chi connectivity index (χ0n) is 23.4. The molecule has 200 valence electrons. The molecule has 0 saturated heterocycles. The minimum absolute atomic E-state index is 0.844. The SMILES string of the molecule is CC(C)(O)c1cc2c(cc1Cc1ccc3c(c1)CCCN3Cc1ccccc1)CCCN2Cc1ccccc1. The Morgan fingerprint density at radius 3 is 1.79 bits per heavy atom. The van der Waals surface area contributed by atoms with E-state index in [1.165, 1.54) is 51.2 Å². The van der Waals surface area contributed by atoms with Crippen molar-refractivity contribution in [2.24, 2.45) is 0 Å². The van der Waals surface area contributed by atoms with Crippen LogP contribution in [0.25, 0.3) is 0 Å². The second-order valence-electron chi connectivity index (χ2n) is 11.9. The highest BCUT2D eigenvalue weighted by Crippen LogP contribution is 2.37. The van der Waals surface area contributed by atoms with Crippen LogP contribution >= 0.6 is 0 Å². The molecule has 3 heteroatoms. The van der Waals surface area contributed by atoms with Gasteiger partial charge in [-0.25, -0.2) is 0 Å². The van der Waals surface area contributed by atoms with Crippen molar-refractivity contribution < 1.29 is 5.11 Å². The van der Waals surface area contributed by atoms with Crippen molar-refractivity contribution in [1.82, 2.24) is 0 Å². The maximum absolute atomic E-state index is 11.3. The molecule has 0 bridgehead atoms. The summed E-state index contributed by atoms with van der Waals surface area (Å²) in [5, 5.41) is 11.3. The van der Waals surface area contributed by atoms with Crippen molar-refractivity contribution in [1.29, 1.82) is 0 Å². The molecule has 0 spiro atoms. The van der Waals surface area contributed by atoms with E-state index in [0.717, 1.165) is 57.4 Å². The van der Waals surface area contributed by atoms with Crippen molar-refractivity contribution >= 4 is 11.4 Å². The van der Waals surface area contributed by atoms with E-state index in [1.807, 2.05) is 13.8 Å². The van der Waals surface area contributed by atoms with Crippen molar-refractivity contribution in [3.8, 4) is 0 Å². The van der Waals surface area contributed by atoms with Gasteiger partial charge in [0.1, 0.15) is 0 Å². The lowest BCUT2D eigenvalue weighted by Gasteiger charge is -2.34. The highest BCUT2D eigenvalue weighted by Gasteiger charge is 2.26. The molecule has 4 aromatic carbocycles. The first-order valence-corrected chi connectivity index (χ1v) is 14.5. The second kappa shape index (κ2) is 10.9. The molecule has 2 aliphatic heterocycles. The molecule has 3 nitrogen and oxygen atoms in total. The van der Waals surface area contributed by atoms with Crippen LogP contribution in [0, 0.1) is 0 Å². The van der Waals surface area contributed by atoms with Crippen molar-refractivity contribution in [2.75, 3.05) is 22.9 Å². The molecule has 0 radical (unpaired) electrons. The van der Waals surface area contributed by atoms with E-state index in [4.69, 9.17) is 0 Å². The largest absolute Gasteiger partial charge is 0.386 e. The highest BCUT2D eigenvalue weighted by molar-refractivity contribution is 5.62. The summed E-state index contributed by atoms with van der Waals surface area (Å²) < 4.78 is 0. The molecule has 0 atom stereocenters. The topological polar surface area (TPSA) is 26.7 Å². The minimum atomic E-state index is -0.902. The van der Waals surface area contributed by atoms with Crippen LogP contribution in [-0.4, -0.2) is 18.2 Å². The summed E-state index contributed by atoms with van der Waals surface area (Å²) in [4.78, 5) is 5.02. The molecule has 0 fully saturated rings. The Bertz CT molecular complexity index is 1420. The van der Waals surface area contributed by atoms with Crippen molar-refractivity contribution in [2.45, 2.75) is 64.6 Å². The Balaban J connectivity index is 1.29. The fraction of sp³-hybridized carbons (Fsp3) is 0.333. The van der Waals surface area contributed by atoms with E-state index in [9.17, 15) is 5.11 Å². The Morgan fingerprint density at radius 2 is 1.21 bits per heavy atom. The molecule has 39 heavy (non-hydrogen) atoms. The molecule has 6 rings (SSSR count).